The van der Waals surface area contributed by atoms with Gasteiger partial charge in [-0.3, -0.25) is 14.9 Å². The number of amides is 1. The van der Waals surface area contributed by atoms with E-state index >= 15 is 0 Å². The average Bonchev–Trinajstić information content (AvgIpc) is 2.37. The predicted octanol–water partition coefficient (Wildman–Crippen LogP) is 1.04. The van der Waals surface area contributed by atoms with E-state index in [2.05, 4.69) is 20.3 Å². The van der Waals surface area contributed by atoms with Gasteiger partial charge in [0.25, 0.3) is 5.91 Å². The molecule has 0 aliphatic heterocycles. The smallest absolute Gasteiger partial charge is 0.263 e. The highest BCUT2D eigenvalue weighted by molar-refractivity contribution is 6.03. The molecule has 2 heterocycles. The van der Waals surface area contributed by atoms with Crippen molar-refractivity contribution in [2.75, 3.05) is 12.4 Å². The van der Waals surface area contributed by atoms with Crippen LogP contribution in [0, 0.1) is 13.8 Å². The van der Waals surface area contributed by atoms with Gasteiger partial charge in [-0.15, -0.1) is 0 Å². The number of rotatable bonds is 3. The molecule has 0 saturated heterocycles. The maximum atomic E-state index is 12.0. The molecule has 0 bridgehead atoms. The molecule has 0 saturated carbocycles. The Labute approximate surface area is 115 Å². The Morgan fingerprint density at radius 1 is 1.30 bits per heavy atom. The third-order valence-electron chi connectivity index (χ3n) is 2.57. The summed E-state index contributed by atoms with van der Waals surface area (Å²) in [5.74, 6) is -0.142. The SMILES string of the molecule is COc1cc(C)nc(NC(=O)c2c[nH]c(C)cc2=O)n1. The quantitative estimate of drug-likeness (QED) is 0.871. The minimum absolute atomic E-state index is 0.000303. The summed E-state index contributed by atoms with van der Waals surface area (Å²) in [4.78, 5) is 34.6. The first kappa shape index (κ1) is 13.7. The zero-order valence-corrected chi connectivity index (χ0v) is 11.4. The van der Waals surface area contributed by atoms with Crippen LogP contribution in [0.3, 0.4) is 0 Å². The molecule has 0 spiro atoms. The van der Waals surface area contributed by atoms with Gasteiger partial charge >= 0.3 is 0 Å². The Bertz CT molecular complexity index is 709. The van der Waals surface area contributed by atoms with Crippen molar-refractivity contribution in [1.82, 2.24) is 15.0 Å². The molecule has 2 rings (SSSR count). The first-order chi connectivity index (χ1) is 9.49. The highest BCUT2D eigenvalue weighted by Gasteiger charge is 2.12. The second kappa shape index (κ2) is 5.52. The van der Waals surface area contributed by atoms with Crippen molar-refractivity contribution in [3.05, 3.63) is 45.5 Å². The Balaban J connectivity index is 2.27. The summed E-state index contributed by atoms with van der Waals surface area (Å²) in [6.45, 7) is 3.48. The highest BCUT2D eigenvalue weighted by atomic mass is 16.5. The number of methoxy groups -OCH3 is 1. The van der Waals surface area contributed by atoms with Gasteiger partial charge < -0.3 is 9.72 Å². The van der Waals surface area contributed by atoms with Crippen LogP contribution in [-0.4, -0.2) is 28.0 Å². The molecule has 2 aromatic rings. The van der Waals surface area contributed by atoms with Gasteiger partial charge in [-0.25, -0.2) is 4.98 Å². The monoisotopic (exact) mass is 274 g/mol. The Morgan fingerprint density at radius 2 is 2.05 bits per heavy atom. The van der Waals surface area contributed by atoms with Crippen LogP contribution < -0.4 is 15.5 Å². The summed E-state index contributed by atoms with van der Waals surface area (Å²) >= 11 is 0. The van der Waals surface area contributed by atoms with E-state index < -0.39 is 5.91 Å². The lowest BCUT2D eigenvalue weighted by Crippen LogP contribution is -2.22. The third kappa shape index (κ3) is 3.00. The zero-order chi connectivity index (χ0) is 14.7. The summed E-state index contributed by atoms with van der Waals surface area (Å²) in [5, 5.41) is 2.47. The maximum Gasteiger partial charge on any atom is 0.263 e. The van der Waals surface area contributed by atoms with Gasteiger partial charge in [-0.1, -0.05) is 0 Å². The molecule has 2 N–H and O–H groups in total. The molecular weight excluding hydrogens is 260 g/mol. The van der Waals surface area contributed by atoms with Gasteiger partial charge in [0, 0.05) is 29.7 Å². The van der Waals surface area contributed by atoms with Crippen LogP contribution >= 0.6 is 0 Å². The number of hydrogen-bond acceptors (Lipinski definition) is 5. The molecule has 0 aliphatic rings. The topological polar surface area (TPSA) is 97.0 Å². The Kier molecular flexibility index (Phi) is 3.79. The Hall–Kier alpha value is -2.70. The van der Waals surface area contributed by atoms with E-state index in [1.165, 1.54) is 19.4 Å². The summed E-state index contributed by atoms with van der Waals surface area (Å²) < 4.78 is 4.99. The Morgan fingerprint density at radius 3 is 2.70 bits per heavy atom. The van der Waals surface area contributed by atoms with Crippen LogP contribution in [0.1, 0.15) is 21.7 Å². The first-order valence-electron chi connectivity index (χ1n) is 5.90. The molecule has 7 heteroatoms. The number of nitrogens with zero attached hydrogens (tertiary/aromatic N) is 2. The number of ether oxygens (including phenoxy) is 1. The number of hydrogen-bond donors (Lipinski definition) is 2. The molecule has 7 nitrogen and oxygen atoms in total. The largest absolute Gasteiger partial charge is 0.481 e. The van der Waals surface area contributed by atoms with Crippen LogP contribution in [0.4, 0.5) is 5.95 Å². The lowest BCUT2D eigenvalue weighted by atomic mass is 10.2. The minimum atomic E-state index is -0.570. The molecule has 0 aromatic carbocycles. The third-order valence-corrected chi connectivity index (χ3v) is 2.57. The molecular formula is C13H14N4O3. The first-order valence-corrected chi connectivity index (χ1v) is 5.90. The summed E-state index contributed by atoms with van der Waals surface area (Å²) in [5.41, 5.74) is 0.961. The number of aromatic amines is 1. The number of aromatic nitrogens is 3. The molecule has 0 aliphatic carbocycles. The van der Waals surface area contributed by atoms with E-state index in [1.54, 1.807) is 19.9 Å². The second-order valence-corrected chi connectivity index (χ2v) is 4.22. The normalized spacial score (nSPS) is 10.2. The van der Waals surface area contributed by atoms with E-state index in [9.17, 15) is 9.59 Å². The van der Waals surface area contributed by atoms with Crippen molar-refractivity contribution < 1.29 is 9.53 Å². The van der Waals surface area contributed by atoms with Crippen LogP contribution in [-0.2, 0) is 0 Å². The fourth-order valence-corrected chi connectivity index (χ4v) is 1.62. The number of aryl methyl sites for hydroxylation is 2. The van der Waals surface area contributed by atoms with Crippen molar-refractivity contribution >= 4 is 11.9 Å². The van der Waals surface area contributed by atoms with Gasteiger partial charge in [0.15, 0.2) is 5.43 Å². The second-order valence-electron chi connectivity index (χ2n) is 4.22. The van der Waals surface area contributed by atoms with Crippen LogP contribution in [0.2, 0.25) is 0 Å². The molecule has 0 unspecified atom stereocenters. The fraction of sp³-hybridized carbons (Fsp3) is 0.231. The van der Waals surface area contributed by atoms with Gasteiger partial charge in [0.05, 0.1) is 7.11 Å². The predicted molar refractivity (Wildman–Crippen MR) is 73.1 cm³/mol. The lowest BCUT2D eigenvalue weighted by molar-refractivity contribution is 0.102. The number of H-pyrrole nitrogens is 1. The molecule has 104 valence electrons. The van der Waals surface area contributed by atoms with E-state index in [0.29, 0.717) is 17.3 Å². The van der Waals surface area contributed by atoms with Crippen molar-refractivity contribution in [2.45, 2.75) is 13.8 Å². The van der Waals surface area contributed by atoms with Gasteiger partial charge in [-0.05, 0) is 13.8 Å². The van der Waals surface area contributed by atoms with Gasteiger partial charge in [0.2, 0.25) is 11.8 Å². The number of pyridine rings is 1. The van der Waals surface area contributed by atoms with Crippen LogP contribution in [0.25, 0.3) is 0 Å². The molecule has 0 radical (unpaired) electrons. The summed E-state index contributed by atoms with van der Waals surface area (Å²) in [7, 11) is 1.47. The molecule has 2 aromatic heterocycles. The van der Waals surface area contributed by atoms with E-state index in [4.69, 9.17) is 4.74 Å². The number of nitrogens with one attached hydrogen (secondary N) is 2. The maximum absolute atomic E-state index is 12.0. The summed E-state index contributed by atoms with van der Waals surface area (Å²) in [6, 6.07) is 2.99. The van der Waals surface area contributed by atoms with E-state index in [1.807, 2.05) is 0 Å². The number of carbonyl (C=O) groups is 1. The minimum Gasteiger partial charge on any atom is -0.481 e. The van der Waals surface area contributed by atoms with Crippen molar-refractivity contribution in [3.63, 3.8) is 0 Å². The molecule has 1 amide bonds. The average molecular weight is 274 g/mol. The van der Waals surface area contributed by atoms with E-state index in [0.717, 1.165) is 0 Å². The van der Waals surface area contributed by atoms with Crippen molar-refractivity contribution in [2.24, 2.45) is 0 Å². The lowest BCUT2D eigenvalue weighted by Gasteiger charge is -2.06. The molecule has 0 atom stereocenters. The van der Waals surface area contributed by atoms with Gasteiger partial charge in [0.1, 0.15) is 5.56 Å². The fourth-order valence-electron chi connectivity index (χ4n) is 1.62. The number of anilines is 1. The number of carbonyl (C=O) groups excluding carboxylic acids is 1. The van der Waals surface area contributed by atoms with E-state index in [-0.39, 0.29) is 16.9 Å². The standard InChI is InChI=1S/C13H14N4O3/c1-7-4-10(18)9(6-14-7)12(19)17-13-15-8(2)5-11(16-13)20-3/h4-6H,1-3H3,(H,14,18)(H,15,16,17,19). The van der Waals surface area contributed by atoms with Crippen LogP contribution in [0.5, 0.6) is 5.88 Å². The van der Waals surface area contributed by atoms with Gasteiger partial charge in [-0.2, -0.15) is 4.98 Å². The van der Waals surface area contributed by atoms with Crippen LogP contribution in [0.15, 0.2) is 23.1 Å². The highest BCUT2D eigenvalue weighted by Crippen LogP contribution is 2.11. The summed E-state index contributed by atoms with van der Waals surface area (Å²) in [6.07, 6.45) is 1.36. The van der Waals surface area contributed by atoms with Crippen molar-refractivity contribution in [3.8, 4) is 5.88 Å². The molecule has 0 fully saturated rings. The van der Waals surface area contributed by atoms with Crippen molar-refractivity contribution in [1.29, 1.82) is 0 Å². The molecule has 20 heavy (non-hydrogen) atoms. The zero-order valence-electron chi connectivity index (χ0n) is 11.4.